The summed E-state index contributed by atoms with van der Waals surface area (Å²) in [7, 11) is 0. The van der Waals surface area contributed by atoms with Gasteiger partial charge in [-0.1, -0.05) is 19.1 Å². The molecule has 2 rings (SSSR count). The van der Waals surface area contributed by atoms with E-state index in [2.05, 4.69) is 17.1 Å². The maximum atomic E-state index is 5.70. The van der Waals surface area contributed by atoms with Gasteiger partial charge in [-0.15, -0.1) is 10.2 Å². The van der Waals surface area contributed by atoms with Crippen LogP contribution in [0.2, 0.25) is 0 Å². The Morgan fingerprint density at radius 1 is 1.18 bits per heavy atom. The van der Waals surface area contributed by atoms with Crippen molar-refractivity contribution in [2.75, 3.05) is 17.3 Å². The molecule has 0 amide bonds. The van der Waals surface area contributed by atoms with Crippen LogP contribution in [0.4, 0.5) is 11.6 Å². The zero-order chi connectivity index (χ0) is 12.4. The Balaban J connectivity index is 2.14. The molecule has 6 heteroatoms. The maximum Gasteiger partial charge on any atom is 0.240 e. The lowest BCUT2D eigenvalue weighted by Crippen LogP contribution is -2.17. The lowest BCUT2D eigenvalue weighted by Gasteiger charge is -2.11. The van der Waals surface area contributed by atoms with E-state index in [9.17, 15) is 0 Å². The van der Waals surface area contributed by atoms with E-state index in [4.69, 9.17) is 17.3 Å². The van der Waals surface area contributed by atoms with Gasteiger partial charge in [-0.25, -0.2) is 4.68 Å². The Morgan fingerprint density at radius 2 is 1.82 bits per heavy atom. The van der Waals surface area contributed by atoms with E-state index in [1.165, 1.54) is 10.2 Å². The summed E-state index contributed by atoms with van der Waals surface area (Å²) in [6.07, 6.45) is 0.685. The molecule has 2 aromatic rings. The molecule has 1 atom stereocenters. The minimum atomic E-state index is 0.226. The summed E-state index contributed by atoms with van der Waals surface area (Å²) in [5, 5.41) is 7.66. The number of nitrogen functional groups attached to an aromatic ring is 3. The topological polar surface area (TPSA) is 109 Å². The second kappa shape index (κ2) is 4.32. The molecule has 0 saturated heterocycles. The molecule has 90 valence electrons. The second-order valence-electron chi connectivity index (χ2n) is 4.12. The van der Waals surface area contributed by atoms with Gasteiger partial charge >= 0.3 is 0 Å². The van der Waals surface area contributed by atoms with Crippen molar-refractivity contribution in [2.45, 2.75) is 19.3 Å². The molecule has 0 aliphatic carbocycles. The van der Waals surface area contributed by atoms with Crippen molar-refractivity contribution in [2.24, 2.45) is 0 Å². The van der Waals surface area contributed by atoms with Gasteiger partial charge in [0.1, 0.15) is 0 Å². The van der Waals surface area contributed by atoms with E-state index < -0.39 is 0 Å². The zero-order valence-electron chi connectivity index (χ0n) is 9.67. The van der Waals surface area contributed by atoms with Crippen LogP contribution in [0.5, 0.6) is 0 Å². The van der Waals surface area contributed by atoms with E-state index in [1.54, 1.807) is 0 Å². The van der Waals surface area contributed by atoms with Crippen molar-refractivity contribution >= 4 is 11.6 Å². The average Bonchev–Trinajstić information content (AvgIpc) is 2.62. The molecular weight excluding hydrogens is 216 g/mol. The highest BCUT2D eigenvalue weighted by Gasteiger charge is 2.12. The van der Waals surface area contributed by atoms with Gasteiger partial charge in [-0.2, -0.15) is 0 Å². The van der Waals surface area contributed by atoms with Crippen molar-refractivity contribution in [3.63, 3.8) is 0 Å². The predicted molar refractivity (Wildman–Crippen MR) is 67.6 cm³/mol. The van der Waals surface area contributed by atoms with E-state index in [1.807, 2.05) is 24.3 Å². The van der Waals surface area contributed by atoms with Crippen LogP contribution in [-0.2, 0) is 6.42 Å². The van der Waals surface area contributed by atoms with Crippen LogP contribution < -0.4 is 17.3 Å². The lowest BCUT2D eigenvalue weighted by molar-refractivity contribution is 0.695. The molecule has 6 nitrogen and oxygen atoms in total. The van der Waals surface area contributed by atoms with Crippen LogP contribution in [0.15, 0.2) is 24.3 Å². The fourth-order valence-corrected chi connectivity index (χ4v) is 1.69. The quantitative estimate of drug-likeness (QED) is 0.527. The second-order valence-corrected chi connectivity index (χ2v) is 4.12. The lowest BCUT2D eigenvalue weighted by atomic mass is 9.97. The number of aromatic nitrogens is 3. The van der Waals surface area contributed by atoms with Crippen LogP contribution >= 0.6 is 0 Å². The third kappa shape index (κ3) is 2.30. The number of nitrogens with two attached hydrogens (primary N) is 3. The van der Waals surface area contributed by atoms with Gasteiger partial charge in [-0.3, -0.25) is 0 Å². The molecule has 0 bridgehead atoms. The number of rotatable bonds is 3. The highest BCUT2D eigenvalue weighted by Crippen LogP contribution is 2.20. The summed E-state index contributed by atoms with van der Waals surface area (Å²) in [6.45, 7) is 2.09. The fourth-order valence-electron chi connectivity index (χ4n) is 1.69. The van der Waals surface area contributed by atoms with E-state index in [0.29, 0.717) is 12.2 Å². The molecule has 17 heavy (non-hydrogen) atoms. The van der Waals surface area contributed by atoms with Gasteiger partial charge < -0.3 is 17.3 Å². The van der Waals surface area contributed by atoms with E-state index in [-0.39, 0.29) is 11.9 Å². The van der Waals surface area contributed by atoms with Crippen LogP contribution in [-0.4, -0.2) is 14.9 Å². The van der Waals surface area contributed by atoms with Crippen LogP contribution in [0.25, 0.3) is 0 Å². The summed E-state index contributed by atoms with van der Waals surface area (Å²) in [4.78, 5) is 0. The Bertz CT molecular complexity index is 501. The molecule has 0 radical (unpaired) electrons. The highest BCUT2D eigenvalue weighted by atomic mass is 15.4. The molecule has 6 N–H and O–H groups in total. The summed E-state index contributed by atoms with van der Waals surface area (Å²) in [5.41, 5.74) is 13.1. The van der Waals surface area contributed by atoms with Gasteiger partial charge in [0, 0.05) is 12.1 Å². The molecular formula is C11H16N6. The molecule has 1 unspecified atom stereocenters. The third-order valence-corrected chi connectivity index (χ3v) is 2.79. The maximum absolute atomic E-state index is 5.70. The van der Waals surface area contributed by atoms with Crippen LogP contribution in [0.1, 0.15) is 24.2 Å². The summed E-state index contributed by atoms with van der Waals surface area (Å²) in [5.74, 6) is 6.88. The normalized spacial score (nSPS) is 12.5. The molecule has 0 aliphatic rings. The Labute approximate surface area is 99.4 Å². The SMILES string of the molecule is CC(Cc1nnc(N)n1N)c1ccc(N)cc1. The highest BCUT2D eigenvalue weighted by molar-refractivity contribution is 5.40. The number of hydrogen-bond donors (Lipinski definition) is 3. The van der Waals surface area contributed by atoms with Gasteiger partial charge in [0.05, 0.1) is 0 Å². The monoisotopic (exact) mass is 232 g/mol. The number of hydrogen-bond acceptors (Lipinski definition) is 5. The van der Waals surface area contributed by atoms with E-state index in [0.717, 1.165) is 5.69 Å². The van der Waals surface area contributed by atoms with Gasteiger partial charge in [0.2, 0.25) is 5.95 Å². The number of benzene rings is 1. The molecule has 1 aromatic heterocycles. The number of anilines is 2. The summed E-state index contributed by atoms with van der Waals surface area (Å²) >= 11 is 0. The molecule has 1 aromatic carbocycles. The average molecular weight is 232 g/mol. The third-order valence-electron chi connectivity index (χ3n) is 2.79. The Kier molecular flexibility index (Phi) is 2.86. The fraction of sp³-hybridized carbons (Fsp3) is 0.273. The Hall–Kier alpha value is -2.24. The number of nitrogens with zero attached hydrogens (tertiary/aromatic N) is 3. The van der Waals surface area contributed by atoms with Gasteiger partial charge in [0.25, 0.3) is 0 Å². The first kappa shape index (κ1) is 11.3. The van der Waals surface area contributed by atoms with Crippen molar-refractivity contribution in [1.82, 2.24) is 14.9 Å². The minimum Gasteiger partial charge on any atom is -0.399 e. The molecule has 1 heterocycles. The van der Waals surface area contributed by atoms with Crippen LogP contribution in [0.3, 0.4) is 0 Å². The van der Waals surface area contributed by atoms with Gasteiger partial charge in [-0.05, 0) is 23.6 Å². The van der Waals surface area contributed by atoms with E-state index >= 15 is 0 Å². The van der Waals surface area contributed by atoms with Crippen molar-refractivity contribution in [3.8, 4) is 0 Å². The smallest absolute Gasteiger partial charge is 0.240 e. The predicted octanol–water partition coefficient (Wildman–Crippen LogP) is 0.503. The largest absolute Gasteiger partial charge is 0.399 e. The first-order chi connectivity index (χ1) is 8.08. The van der Waals surface area contributed by atoms with Crippen molar-refractivity contribution < 1.29 is 0 Å². The summed E-state index contributed by atoms with van der Waals surface area (Å²) < 4.78 is 1.31. The molecule has 0 spiro atoms. The molecule has 0 fully saturated rings. The molecule has 0 saturated carbocycles. The first-order valence-corrected chi connectivity index (χ1v) is 5.38. The minimum absolute atomic E-state index is 0.226. The van der Waals surface area contributed by atoms with Crippen molar-refractivity contribution in [1.29, 1.82) is 0 Å². The molecule has 0 aliphatic heterocycles. The standard InChI is InChI=1S/C11H16N6/c1-7(8-2-4-9(12)5-3-8)6-10-15-16-11(13)17(10)14/h2-5,7H,6,12,14H2,1H3,(H2,13,16). The zero-order valence-corrected chi connectivity index (χ0v) is 9.67. The first-order valence-electron chi connectivity index (χ1n) is 5.38. The Morgan fingerprint density at radius 3 is 2.35 bits per heavy atom. The van der Waals surface area contributed by atoms with Gasteiger partial charge in [0.15, 0.2) is 5.82 Å². The summed E-state index contributed by atoms with van der Waals surface area (Å²) in [6, 6.07) is 7.77. The van der Waals surface area contributed by atoms with Crippen molar-refractivity contribution in [3.05, 3.63) is 35.7 Å². The van der Waals surface area contributed by atoms with Crippen LogP contribution in [0, 0.1) is 0 Å².